The number of benzene rings is 1. The number of rotatable bonds is 3. The molecule has 1 rings (SSSR count). The Balaban J connectivity index is 2.55. The van der Waals surface area contributed by atoms with E-state index in [1.807, 2.05) is 30.3 Å². The Morgan fingerprint density at radius 1 is 1.46 bits per heavy atom. The summed E-state index contributed by atoms with van der Waals surface area (Å²) in [6, 6.07) is 9.14. The number of hydrogen-bond donors (Lipinski definition) is 2. The summed E-state index contributed by atoms with van der Waals surface area (Å²) in [5.74, 6) is -0.233. The Kier molecular flexibility index (Phi) is 3.46. The highest BCUT2D eigenvalue weighted by atomic mass is 16.2. The maximum absolute atomic E-state index is 11.0. The molecule has 3 nitrogen and oxygen atoms in total. The van der Waals surface area contributed by atoms with Crippen molar-refractivity contribution >= 4 is 5.91 Å². The predicted molar refractivity (Wildman–Crippen MR) is 51.6 cm³/mol. The Bertz CT molecular complexity index is 272. The summed E-state index contributed by atoms with van der Waals surface area (Å²) in [4.78, 5) is 11.0. The quantitative estimate of drug-likeness (QED) is 0.705. The zero-order chi connectivity index (χ0) is 9.68. The molecule has 0 unspecified atom stereocenters. The van der Waals surface area contributed by atoms with Gasteiger partial charge < -0.3 is 11.1 Å². The molecule has 0 spiro atoms. The van der Waals surface area contributed by atoms with Crippen molar-refractivity contribution in [3.63, 3.8) is 0 Å². The third-order valence-corrected chi connectivity index (χ3v) is 1.81. The second-order valence-electron chi connectivity index (χ2n) is 2.84. The molecule has 0 saturated carbocycles. The van der Waals surface area contributed by atoms with Crippen LogP contribution in [0.2, 0.25) is 0 Å². The van der Waals surface area contributed by atoms with Crippen molar-refractivity contribution in [2.45, 2.75) is 12.5 Å². The Hall–Kier alpha value is -1.35. The molecule has 1 aromatic carbocycles. The lowest BCUT2D eigenvalue weighted by Crippen LogP contribution is -2.39. The third-order valence-electron chi connectivity index (χ3n) is 1.81. The lowest BCUT2D eigenvalue weighted by Gasteiger charge is -2.09. The first-order chi connectivity index (χ1) is 6.24. The number of nitrogens with two attached hydrogens (primary N) is 1. The molecule has 1 radical (unpaired) electrons. The Morgan fingerprint density at radius 2 is 2.08 bits per heavy atom. The fraction of sp³-hybridized carbons (Fsp3) is 0.200. The van der Waals surface area contributed by atoms with Crippen LogP contribution in [0.3, 0.4) is 0 Å². The van der Waals surface area contributed by atoms with E-state index >= 15 is 0 Å². The average Bonchev–Trinajstić information content (AvgIpc) is 2.18. The van der Waals surface area contributed by atoms with Crippen LogP contribution in [0, 0.1) is 7.05 Å². The van der Waals surface area contributed by atoms with Crippen LogP contribution in [0.5, 0.6) is 0 Å². The van der Waals surface area contributed by atoms with Gasteiger partial charge in [0.05, 0.1) is 6.04 Å². The van der Waals surface area contributed by atoms with Gasteiger partial charge in [-0.05, 0) is 12.0 Å². The molecule has 0 aliphatic heterocycles. The van der Waals surface area contributed by atoms with Crippen LogP contribution in [0.15, 0.2) is 30.3 Å². The fourth-order valence-corrected chi connectivity index (χ4v) is 1.09. The lowest BCUT2D eigenvalue weighted by atomic mass is 10.1. The Morgan fingerprint density at radius 3 is 2.62 bits per heavy atom. The normalized spacial score (nSPS) is 12.2. The molecule has 0 aliphatic carbocycles. The first-order valence-corrected chi connectivity index (χ1v) is 4.10. The van der Waals surface area contributed by atoms with Crippen LogP contribution in [-0.2, 0) is 11.2 Å². The predicted octanol–water partition coefficient (Wildman–Crippen LogP) is 0.464. The van der Waals surface area contributed by atoms with Crippen LogP contribution >= 0.6 is 0 Å². The van der Waals surface area contributed by atoms with E-state index in [1.165, 1.54) is 0 Å². The van der Waals surface area contributed by atoms with Gasteiger partial charge in [0, 0.05) is 7.05 Å². The van der Waals surface area contributed by atoms with Gasteiger partial charge in [0.2, 0.25) is 5.91 Å². The number of amides is 1. The van der Waals surface area contributed by atoms with Gasteiger partial charge in [-0.3, -0.25) is 4.79 Å². The van der Waals surface area contributed by atoms with Crippen molar-refractivity contribution in [1.82, 2.24) is 5.32 Å². The van der Waals surface area contributed by atoms with Crippen molar-refractivity contribution in [3.8, 4) is 0 Å². The zero-order valence-corrected chi connectivity index (χ0v) is 7.36. The van der Waals surface area contributed by atoms with E-state index in [1.54, 1.807) is 0 Å². The highest BCUT2D eigenvalue weighted by Crippen LogP contribution is 2.01. The topological polar surface area (TPSA) is 55.1 Å². The minimum absolute atomic E-state index is 0.233. The van der Waals surface area contributed by atoms with Crippen molar-refractivity contribution < 1.29 is 4.79 Å². The molecule has 0 aliphatic rings. The average molecular weight is 177 g/mol. The van der Waals surface area contributed by atoms with Crippen LogP contribution in [0.1, 0.15) is 5.56 Å². The van der Waals surface area contributed by atoms with Gasteiger partial charge in [-0.1, -0.05) is 30.3 Å². The summed E-state index contributed by atoms with van der Waals surface area (Å²) < 4.78 is 0. The zero-order valence-electron chi connectivity index (χ0n) is 7.36. The van der Waals surface area contributed by atoms with Gasteiger partial charge >= 0.3 is 0 Å². The molecule has 69 valence electrons. The number of carbonyl (C=O) groups is 1. The van der Waals surface area contributed by atoms with E-state index in [-0.39, 0.29) is 5.91 Å². The van der Waals surface area contributed by atoms with Crippen molar-refractivity contribution in [2.75, 3.05) is 0 Å². The van der Waals surface area contributed by atoms with E-state index in [0.29, 0.717) is 6.42 Å². The van der Waals surface area contributed by atoms with E-state index in [2.05, 4.69) is 12.4 Å². The van der Waals surface area contributed by atoms with Crippen LogP contribution in [0.25, 0.3) is 0 Å². The first kappa shape index (κ1) is 9.74. The van der Waals surface area contributed by atoms with E-state index in [4.69, 9.17) is 5.73 Å². The maximum atomic E-state index is 11.0. The largest absolute Gasteiger partial charge is 0.353 e. The summed E-state index contributed by atoms with van der Waals surface area (Å²) in [6.45, 7) is 0. The van der Waals surface area contributed by atoms with E-state index < -0.39 is 6.04 Å². The van der Waals surface area contributed by atoms with Gasteiger partial charge in [-0.15, -0.1) is 0 Å². The molecular weight excluding hydrogens is 164 g/mol. The molecular formula is C10H13N2O. The van der Waals surface area contributed by atoms with Crippen molar-refractivity contribution in [2.24, 2.45) is 5.73 Å². The van der Waals surface area contributed by atoms with Gasteiger partial charge in [-0.25, -0.2) is 0 Å². The van der Waals surface area contributed by atoms with Gasteiger partial charge in [0.25, 0.3) is 0 Å². The minimum atomic E-state index is -0.514. The van der Waals surface area contributed by atoms with Gasteiger partial charge in [0.1, 0.15) is 0 Å². The molecule has 0 fully saturated rings. The number of carbonyl (C=O) groups excluding carboxylic acids is 1. The summed E-state index contributed by atoms with van der Waals surface area (Å²) in [7, 11) is 3.27. The molecule has 1 atom stereocenters. The SMILES string of the molecule is [CH2]NC(=O)[C@H](N)Cc1ccccc1. The second-order valence-corrected chi connectivity index (χ2v) is 2.84. The standard InChI is InChI=1S/C10H13N2O/c1-12-10(13)9(11)7-8-5-3-2-4-6-8/h2-6,9H,1,7,11H2,(H,12,13)/t9-/m1/s1. The highest BCUT2D eigenvalue weighted by Gasteiger charge is 2.11. The second kappa shape index (κ2) is 4.62. The smallest absolute Gasteiger partial charge is 0.237 e. The molecule has 3 N–H and O–H groups in total. The summed E-state index contributed by atoms with van der Waals surface area (Å²) in [5, 5.41) is 2.27. The summed E-state index contributed by atoms with van der Waals surface area (Å²) >= 11 is 0. The van der Waals surface area contributed by atoms with Crippen LogP contribution < -0.4 is 11.1 Å². The Labute approximate surface area is 77.9 Å². The molecule has 0 heterocycles. The maximum Gasteiger partial charge on any atom is 0.237 e. The molecule has 0 aromatic heterocycles. The number of nitrogens with one attached hydrogen (secondary N) is 1. The molecule has 0 saturated heterocycles. The number of hydrogen-bond acceptors (Lipinski definition) is 2. The first-order valence-electron chi connectivity index (χ1n) is 4.10. The summed E-state index contributed by atoms with van der Waals surface area (Å²) in [5.41, 5.74) is 6.66. The molecule has 3 heteroatoms. The highest BCUT2D eigenvalue weighted by molar-refractivity contribution is 5.81. The van der Waals surface area contributed by atoms with E-state index in [9.17, 15) is 4.79 Å². The van der Waals surface area contributed by atoms with Gasteiger partial charge in [0.15, 0.2) is 0 Å². The molecule has 13 heavy (non-hydrogen) atoms. The molecule has 0 bridgehead atoms. The van der Waals surface area contributed by atoms with Crippen molar-refractivity contribution in [1.29, 1.82) is 0 Å². The third kappa shape index (κ3) is 2.87. The molecule has 1 aromatic rings. The van der Waals surface area contributed by atoms with Crippen molar-refractivity contribution in [3.05, 3.63) is 42.9 Å². The van der Waals surface area contributed by atoms with Crippen LogP contribution in [0.4, 0.5) is 0 Å². The molecule has 1 amide bonds. The monoisotopic (exact) mass is 177 g/mol. The lowest BCUT2D eigenvalue weighted by molar-refractivity contribution is -0.121. The van der Waals surface area contributed by atoms with Crippen LogP contribution in [-0.4, -0.2) is 11.9 Å². The fourth-order valence-electron chi connectivity index (χ4n) is 1.09. The summed E-state index contributed by atoms with van der Waals surface area (Å²) in [6.07, 6.45) is 0.544. The van der Waals surface area contributed by atoms with E-state index in [0.717, 1.165) is 5.56 Å². The van der Waals surface area contributed by atoms with Gasteiger partial charge in [-0.2, -0.15) is 0 Å². The minimum Gasteiger partial charge on any atom is -0.353 e.